The Kier molecular flexibility index (Phi) is 15.3. The normalized spacial score (nSPS) is 15.6. The highest BCUT2D eigenvalue weighted by atomic mass is 28.3. The topological polar surface area (TPSA) is 190 Å². The molecule has 0 amide bonds. The minimum atomic E-state index is -2.19. The van der Waals surface area contributed by atoms with Crippen molar-refractivity contribution in [2.45, 2.75) is 26.2 Å². The van der Waals surface area contributed by atoms with Crippen LogP contribution in [0.15, 0.2) is 113 Å². The van der Waals surface area contributed by atoms with Crippen LogP contribution in [0.4, 0.5) is 11.4 Å². The monoisotopic (exact) mass is 863 g/mol. The molecule has 322 valence electrons. The summed E-state index contributed by atoms with van der Waals surface area (Å²) in [7, 11) is 12.6. The van der Waals surface area contributed by atoms with Crippen LogP contribution in [0.5, 0.6) is 0 Å². The number of hydrogen-bond donors (Lipinski definition) is 2. The van der Waals surface area contributed by atoms with Gasteiger partial charge in [0.05, 0.1) is 11.5 Å². The molecule has 0 saturated carbocycles. The van der Waals surface area contributed by atoms with Gasteiger partial charge < -0.3 is 40.9 Å². The van der Waals surface area contributed by atoms with Gasteiger partial charge in [0.25, 0.3) is 6.47 Å². The maximum atomic E-state index is 12.2. The number of rotatable bonds is 5. The van der Waals surface area contributed by atoms with Gasteiger partial charge in [0.15, 0.2) is 11.4 Å². The number of hydrogen-bond acceptors (Lipinski definition) is 6. The SMILES string of the molecule is CN(C)c1ccc2c(c1)[Si](C)(C)C1=CC(=[N+](C)C)C=CC1=C2.CN(C)c1ccc2c(c1)[Si](C)(C)C1=CC(=[N+](C)C)C=CC1=C2c1cc(C(=O)[O-])ccc1C(=O)O.O.O.O=CO. The third-order valence-electron chi connectivity index (χ3n) is 11.4. The van der Waals surface area contributed by atoms with E-state index in [1.807, 2.05) is 52.5 Å². The van der Waals surface area contributed by atoms with Crippen LogP contribution in [-0.2, 0) is 4.79 Å². The minimum Gasteiger partial charge on any atom is -0.545 e. The lowest BCUT2D eigenvalue weighted by Gasteiger charge is -2.38. The Morgan fingerprint density at radius 2 is 1.18 bits per heavy atom. The molecule has 6 N–H and O–H groups in total. The summed E-state index contributed by atoms with van der Waals surface area (Å²) in [5, 5.41) is 34.0. The Morgan fingerprint density at radius 3 is 1.70 bits per heavy atom. The summed E-state index contributed by atoms with van der Waals surface area (Å²) in [5.74, 6) is -2.44. The molecule has 0 radical (unpaired) electrons. The van der Waals surface area contributed by atoms with Gasteiger partial charge >= 0.3 is 5.97 Å². The van der Waals surface area contributed by atoms with Crippen LogP contribution in [0.25, 0.3) is 11.6 Å². The second kappa shape index (κ2) is 19.0. The van der Waals surface area contributed by atoms with Gasteiger partial charge in [0.1, 0.15) is 44.3 Å². The Labute approximate surface area is 360 Å². The Balaban J connectivity index is 0.000000318. The van der Waals surface area contributed by atoms with Crippen LogP contribution in [0.2, 0.25) is 26.2 Å². The number of nitrogens with zero attached hydrogens (tertiary/aromatic N) is 4. The second-order valence-corrected chi connectivity index (χ2v) is 25.5. The molecule has 3 aromatic rings. The predicted molar refractivity (Wildman–Crippen MR) is 252 cm³/mol. The summed E-state index contributed by atoms with van der Waals surface area (Å²) in [4.78, 5) is 36.5. The van der Waals surface area contributed by atoms with Gasteiger partial charge in [0.2, 0.25) is 0 Å². The molecule has 0 bridgehead atoms. The maximum absolute atomic E-state index is 12.2. The van der Waals surface area contributed by atoms with E-state index in [-0.39, 0.29) is 28.6 Å². The number of carbonyl (C=O) groups is 3. The number of anilines is 2. The van der Waals surface area contributed by atoms with Crippen LogP contribution in [-0.4, -0.2) is 133 Å². The molecular formula is C47H59N4O8Si2+. The highest BCUT2D eigenvalue weighted by molar-refractivity contribution is 6.98. The van der Waals surface area contributed by atoms with Crippen molar-refractivity contribution >= 4 is 79.4 Å². The molecule has 14 heteroatoms. The number of carboxylic acid groups (broad SMARTS) is 3. The van der Waals surface area contributed by atoms with Crippen molar-refractivity contribution in [3.8, 4) is 0 Å². The third kappa shape index (κ3) is 9.57. The largest absolute Gasteiger partial charge is 0.545 e. The van der Waals surface area contributed by atoms with E-state index in [1.165, 1.54) is 51.1 Å². The van der Waals surface area contributed by atoms with E-state index in [0.29, 0.717) is 5.56 Å². The molecule has 0 atom stereocenters. The Bertz CT molecular complexity index is 2530. The van der Waals surface area contributed by atoms with Crippen molar-refractivity contribution in [3.05, 3.63) is 140 Å². The lowest BCUT2D eigenvalue weighted by molar-refractivity contribution is -0.462. The molecular weight excluding hydrogens is 805 g/mol. The van der Waals surface area contributed by atoms with E-state index in [4.69, 9.17) is 9.90 Å². The van der Waals surface area contributed by atoms with Gasteiger partial charge in [-0.2, -0.15) is 0 Å². The average molecular weight is 864 g/mol. The van der Waals surface area contributed by atoms with Gasteiger partial charge in [-0.25, -0.2) is 13.9 Å². The molecule has 0 saturated heterocycles. The van der Waals surface area contributed by atoms with Crippen molar-refractivity contribution in [2.24, 2.45) is 0 Å². The van der Waals surface area contributed by atoms with Crippen molar-refractivity contribution in [3.63, 3.8) is 0 Å². The van der Waals surface area contributed by atoms with E-state index < -0.39 is 28.1 Å². The molecule has 0 unspecified atom stereocenters. The molecule has 2 heterocycles. The summed E-state index contributed by atoms with van der Waals surface area (Å²) in [6.45, 7) is 9.29. The smallest absolute Gasteiger partial charge is 0.336 e. The zero-order chi connectivity index (χ0) is 43.7. The molecule has 2 aliphatic heterocycles. The first-order valence-corrected chi connectivity index (χ1v) is 25.3. The molecule has 0 fully saturated rings. The first-order chi connectivity index (χ1) is 27.6. The molecule has 12 nitrogen and oxygen atoms in total. The number of benzene rings is 3. The third-order valence-corrected chi connectivity index (χ3v) is 18.5. The van der Waals surface area contributed by atoms with Crippen LogP contribution in [0, 0.1) is 0 Å². The van der Waals surface area contributed by atoms with E-state index >= 15 is 0 Å². The molecule has 0 aromatic heterocycles. The molecule has 61 heavy (non-hydrogen) atoms. The summed E-state index contributed by atoms with van der Waals surface area (Å²) in [5.41, 5.74) is 10.5. The number of fused-ring (bicyclic) bond motifs is 4. The van der Waals surface area contributed by atoms with E-state index in [0.717, 1.165) is 28.1 Å². The molecule has 4 aliphatic rings. The van der Waals surface area contributed by atoms with E-state index in [9.17, 15) is 19.8 Å². The average Bonchev–Trinajstić information content (AvgIpc) is 3.18. The number of allylic oxidation sites excluding steroid dienone is 10. The molecule has 3 aromatic carbocycles. The summed E-state index contributed by atoms with van der Waals surface area (Å²) in [6, 6.07) is 17.2. The van der Waals surface area contributed by atoms with Crippen molar-refractivity contribution in [2.75, 3.05) is 66.2 Å². The maximum Gasteiger partial charge on any atom is 0.336 e. The minimum absolute atomic E-state index is 0. The zero-order valence-corrected chi connectivity index (χ0v) is 39.1. The fraction of sp³-hybridized carbons (Fsp3) is 0.255. The number of carboxylic acids is 2. The van der Waals surface area contributed by atoms with Gasteiger partial charge in [-0.1, -0.05) is 44.4 Å². The molecule has 7 rings (SSSR count). The zero-order valence-electron chi connectivity index (χ0n) is 37.1. The molecule has 0 spiro atoms. The van der Waals surface area contributed by atoms with Crippen LogP contribution >= 0.6 is 0 Å². The van der Waals surface area contributed by atoms with E-state index in [1.54, 1.807) is 10.4 Å². The highest BCUT2D eigenvalue weighted by Gasteiger charge is 2.41. The second-order valence-electron chi connectivity index (χ2n) is 16.8. The first-order valence-electron chi connectivity index (χ1n) is 19.3. The van der Waals surface area contributed by atoms with Gasteiger partial charge in [-0.3, -0.25) is 4.79 Å². The lowest BCUT2D eigenvalue weighted by Crippen LogP contribution is -2.49. The van der Waals surface area contributed by atoms with Gasteiger partial charge in [-0.05, 0) is 114 Å². The highest BCUT2D eigenvalue weighted by Crippen LogP contribution is 2.43. The van der Waals surface area contributed by atoms with E-state index in [2.05, 4.69) is 128 Å². The summed E-state index contributed by atoms with van der Waals surface area (Å²) >= 11 is 0. The van der Waals surface area contributed by atoms with Crippen LogP contribution in [0.1, 0.15) is 37.4 Å². The standard InChI is InChI=1S/C27H28N2O4Si.C19H25N2Si.CH2O2.2H2O/c1-28(2)17-8-11-20-23(14-17)34(5,6)24-15-18(29(3)4)9-12-21(24)25(20)22-13-16(26(30)31)7-10-19(22)27(32)33;1-20(2)16-9-7-14-11-15-8-10-17(21(3)4)13-19(15)22(5,6)18(14)12-16;2-1-3;;/h7-15H,1-6H3,(H-,30,31,32,33);7-13H,1-6H3;1H,(H,2,3);2*1H2/q;+1;;;. The van der Waals surface area contributed by atoms with Crippen LogP contribution < -0.4 is 25.3 Å². The number of aromatic carboxylic acids is 2. The Hall–Kier alpha value is -6.20. The van der Waals surface area contributed by atoms with Gasteiger partial charge in [-0.15, -0.1) is 0 Å². The van der Waals surface area contributed by atoms with Crippen molar-refractivity contribution in [1.29, 1.82) is 0 Å². The lowest BCUT2D eigenvalue weighted by atomic mass is 9.86. The fourth-order valence-electron chi connectivity index (χ4n) is 8.03. The number of carbonyl (C=O) groups excluding carboxylic acids is 1. The predicted octanol–water partition coefficient (Wildman–Crippen LogP) is 3.16. The summed E-state index contributed by atoms with van der Waals surface area (Å²) < 4.78 is 4.24. The van der Waals surface area contributed by atoms with Gasteiger partial charge in [0, 0.05) is 63.9 Å². The fourth-order valence-corrected chi connectivity index (χ4v) is 14.2. The Morgan fingerprint density at radius 1 is 0.672 bits per heavy atom. The van der Waals surface area contributed by atoms with Crippen LogP contribution in [0.3, 0.4) is 0 Å². The van der Waals surface area contributed by atoms with Crippen molar-refractivity contribution in [1.82, 2.24) is 0 Å². The summed E-state index contributed by atoms with van der Waals surface area (Å²) in [6.07, 6.45) is 15.5. The molecule has 2 aliphatic carbocycles. The quantitative estimate of drug-likeness (QED) is 0.222. The first kappa shape index (κ1) is 49.2. The van der Waals surface area contributed by atoms with Crippen molar-refractivity contribution < 1.29 is 49.8 Å².